The lowest BCUT2D eigenvalue weighted by Crippen LogP contribution is -2.13. The van der Waals surface area contributed by atoms with Gasteiger partial charge in [-0.25, -0.2) is 9.59 Å². The number of aliphatic hydroxyl groups is 1. The van der Waals surface area contributed by atoms with E-state index in [2.05, 4.69) is 0 Å². The SMILES string of the molecule is NCCCP(=O)(O)C(O)c1ccc(OCC(=O)O)c(OCC(=O)O)c1.O=C=O. The maximum atomic E-state index is 12.2. The molecule has 2 unspecified atom stereocenters. The largest absolute Gasteiger partial charge is 0.479 e. The summed E-state index contributed by atoms with van der Waals surface area (Å²) in [4.78, 5) is 47.4. The second-order valence-corrected chi connectivity index (χ2v) is 7.60. The van der Waals surface area contributed by atoms with Gasteiger partial charge in [0.1, 0.15) is 0 Å². The molecule has 0 aliphatic heterocycles. The first kappa shape index (κ1) is 25.2. The number of carbonyl (C=O) groups excluding carboxylic acids is 2. The Morgan fingerprint density at radius 1 is 1.11 bits per heavy atom. The molecule has 12 nitrogen and oxygen atoms in total. The van der Waals surface area contributed by atoms with Crippen LogP contribution in [0.2, 0.25) is 0 Å². The molecular weight excluding hydrogens is 401 g/mol. The van der Waals surface area contributed by atoms with Gasteiger partial charge in [-0.15, -0.1) is 0 Å². The van der Waals surface area contributed by atoms with Crippen LogP contribution in [0.15, 0.2) is 18.2 Å². The number of rotatable bonds is 11. The molecule has 28 heavy (non-hydrogen) atoms. The predicted octanol–water partition coefficient (Wildman–Crippen LogP) is -0.360. The maximum Gasteiger partial charge on any atom is 0.373 e. The highest BCUT2D eigenvalue weighted by atomic mass is 31.2. The lowest BCUT2D eigenvalue weighted by Gasteiger charge is -2.20. The predicted molar refractivity (Wildman–Crippen MR) is 91.0 cm³/mol. The highest BCUT2D eigenvalue weighted by Crippen LogP contribution is 2.54. The van der Waals surface area contributed by atoms with Crippen LogP contribution in [0.3, 0.4) is 0 Å². The quantitative estimate of drug-likeness (QED) is 0.290. The van der Waals surface area contributed by atoms with Crippen molar-refractivity contribution in [2.45, 2.75) is 12.3 Å². The molecule has 0 radical (unpaired) electrons. The van der Waals surface area contributed by atoms with E-state index in [1.54, 1.807) is 0 Å². The molecule has 0 aliphatic rings. The van der Waals surface area contributed by atoms with Crippen molar-refractivity contribution in [1.29, 1.82) is 0 Å². The van der Waals surface area contributed by atoms with Crippen molar-refractivity contribution in [3.63, 3.8) is 0 Å². The minimum Gasteiger partial charge on any atom is -0.479 e. The van der Waals surface area contributed by atoms with Crippen LogP contribution < -0.4 is 15.2 Å². The molecule has 0 amide bonds. The van der Waals surface area contributed by atoms with Crippen LogP contribution in [0, 0.1) is 0 Å². The summed E-state index contributed by atoms with van der Waals surface area (Å²) in [6, 6.07) is 3.62. The van der Waals surface area contributed by atoms with E-state index in [1.807, 2.05) is 0 Å². The highest BCUT2D eigenvalue weighted by Gasteiger charge is 2.30. The van der Waals surface area contributed by atoms with Gasteiger partial charge in [0.05, 0.1) is 0 Å². The first-order chi connectivity index (χ1) is 13.1. The summed E-state index contributed by atoms with van der Waals surface area (Å²) in [5, 5.41) is 27.4. The molecule has 2 atom stereocenters. The molecule has 0 saturated heterocycles. The normalized spacial score (nSPS) is 13.1. The number of carboxylic acids is 2. The fourth-order valence-corrected chi connectivity index (χ4v) is 3.38. The average Bonchev–Trinajstić information content (AvgIpc) is 2.63. The third-order valence-electron chi connectivity index (χ3n) is 3.03. The number of carboxylic acid groups (broad SMARTS) is 2. The van der Waals surface area contributed by atoms with Crippen molar-refractivity contribution in [3.05, 3.63) is 23.8 Å². The molecule has 0 bridgehead atoms. The van der Waals surface area contributed by atoms with Crippen molar-refractivity contribution >= 4 is 25.5 Å². The van der Waals surface area contributed by atoms with Crippen molar-refractivity contribution in [1.82, 2.24) is 0 Å². The van der Waals surface area contributed by atoms with Gasteiger partial charge in [-0.1, -0.05) is 6.07 Å². The molecular formula is C15H20NO11P. The molecule has 0 aliphatic carbocycles. The van der Waals surface area contributed by atoms with Crippen LogP contribution in [0.25, 0.3) is 0 Å². The molecule has 1 aromatic carbocycles. The summed E-state index contributed by atoms with van der Waals surface area (Å²) in [5.41, 5.74) is 5.30. The zero-order chi connectivity index (χ0) is 21.7. The second kappa shape index (κ2) is 12.6. The first-order valence-corrected chi connectivity index (χ1v) is 9.52. The molecule has 1 aromatic rings. The molecule has 13 heteroatoms. The summed E-state index contributed by atoms with van der Waals surface area (Å²) in [7, 11) is -3.96. The number of hydrogen-bond donors (Lipinski definition) is 5. The summed E-state index contributed by atoms with van der Waals surface area (Å²) in [6.07, 6.45) is 0.306. The van der Waals surface area contributed by atoms with Crippen LogP contribution in [0.4, 0.5) is 0 Å². The number of aliphatic hydroxyl groups excluding tert-OH is 1. The second-order valence-electron chi connectivity index (χ2n) is 5.15. The molecule has 1 rings (SSSR count). The lowest BCUT2D eigenvalue weighted by atomic mass is 10.2. The molecule has 0 aromatic heterocycles. The smallest absolute Gasteiger partial charge is 0.373 e. The Labute approximate surface area is 158 Å². The fraction of sp³-hybridized carbons (Fsp3) is 0.400. The van der Waals surface area contributed by atoms with E-state index in [9.17, 15) is 24.2 Å². The van der Waals surface area contributed by atoms with Gasteiger partial charge in [0.15, 0.2) is 30.6 Å². The van der Waals surface area contributed by atoms with E-state index in [0.29, 0.717) is 0 Å². The van der Waals surface area contributed by atoms with Gasteiger partial charge in [-0.3, -0.25) is 4.57 Å². The van der Waals surface area contributed by atoms with Crippen molar-refractivity contribution in [2.75, 3.05) is 25.9 Å². The monoisotopic (exact) mass is 421 g/mol. The van der Waals surface area contributed by atoms with Crippen LogP contribution in [-0.4, -0.2) is 64.2 Å². The van der Waals surface area contributed by atoms with Crippen molar-refractivity contribution in [2.24, 2.45) is 5.73 Å². The summed E-state index contributed by atoms with van der Waals surface area (Å²) in [6.45, 7) is -1.25. The van der Waals surface area contributed by atoms with Gasteiger partial charge in [-0.05, 0) is 30.7 Å². The van der Waals surface area contributed by atoms with E-state index in [-0.39, 0.29) is 42.3 Å². The lowest BCUT2D eigenvalue weighted by molar-refractivity contribution is -0.191. The van der Waals surface area contributed by atoms with Gasteiger partial charge in [0.25, 0.3) is 0 Å². The van der Waals surface area contributed by atoms with Crippen molar-refractivity contribution in [3.8, 4) is 11.5 Å². The molecule has 0 fully saturated rings. The molecule has 0 spiro atoms. The standard InChI is InChI=1S/C14H20NO9P.CO2/c15-4-1-5-25(21,22)14(20)9-2-3-10(23-7-12(16)17)11(6-9)24-8-13(18)19;2-1-3/h2-3,6,14,20H,1,4-5,7-8,15H2,(H,16,17)(H,18,19)(H,21,22);. The summed E-state index contributed by atoms with van der Waals surface area (Å²) in [5.74, 6) is -4.51. The van der Waals surface area contributed by atoms with Gasteiger partial charge in [0.2, 0.25) is 7.37 Å². The number of benzene rings is 1. The van der Waals surface area contributed by atoms with Crippen molar-refractivity contribution < 1.29 is 53.4 Å². The van der Waals surface area contributed by atoms with Crippen LogP contribution in [-0.2, 0) is 23.7 Å². The highest BCUT2D eigenvalue weighted by molar-refractivity contribution is 7.58. The fourth-order valence-electron chi connectivity index (χ4n) is 1.87. The van der Waals surface area contributed by atoms with Gasteiger partial charge >= 0.3 is 18.1 Å². The molecule has 6 N–H and O–H groups in total. The zero-order valence-electron chi connectivity index (χ0n) is 14.5. The van der Waals surface area contributed by atoms with Gasteiger partial charge < -0.3 is 35.4 Å². The summed E-state index contributed by atoms with van der Waals surface area (Å²) >= 11 is 0. The van der Waals surface area contributed by atoms with Gasteiger partial charge in [-0.2, -0.15) is 9.59 Å². The Morgan fingerprint density at radius 2 is 1.61 bits per heavy atom. The van der Waals surface area contributed by atoms with E-state index < -0.39 is 38.4 Å². The third-order valence-corrected chi connectivity index (χ3v) is 5.05. The van der Waals surface area contributed by atoms with E-state index in [1.165, 1.54) is 12.1 Å². The third kappa shape index (κ3) is 9.26. The first-order valence-electron chi connectivity index (χ1n) is 7.61. The number of nitrogens with two attached hydrogens (primary N) is 1. The van der Waals surface area contributed by atoms with Crippen LogP contribution in [0.5, 0.6) is 11.5 Å². The number of aliphatic carboxylic acids is 2. The Morgan fingerprint density at radius 3 is 2.07 bits per heavy atom. The minimum atomic E-state index is -3.96. The topological polar surface area (TPSA) is 211 Å². The number of carbonyl (C=O) groups is 2. The van der Waals surface area contributed by atoms with E-state index >= 15 is 0 Å². The molecule has 0 saturated carbocycles. The average molecular weight is 421 g/mol. The van der Waals surface area contributed by atoms with E-state index in [4.69, 9.17) is 35.0 Å². The maximum absolute atomic E-state index is 12.2. The zero-order valence-corrected chi connectivity index (χ0v) is 15.4. The van der Waals surface area contributed by atoms with Crippen LogP contribution >= 0.6 is 7.37 Å². The number of ether oxygens (including phenoxy) is 2. The van der Waals surface area contributed by atoms with E-state index in [0.717, 1.165) is 6.07 Å². The van der Waals surface area contributed by atoms with Gasteiger partial charge in [0, 0.05) is 6.16 Å². The number of hydrogen-bond acceptors (Lipinski definition) is 9. The minimum absolute atomic E-state index is 0.00548. The Balaban J connectivity index is 0.00000227. The van der Waals surface area contributed by atoms with Crippen LogP contribution in [0.1, 0.15) is 17.8 Å². The Bertz CT molecular complexity index is 746. The molecule has 0 heterocycles. The Hall–Kier alpha value is -2.75. The molecule has 156 valence electrons. The Kier molecular flexibility index (Phi) is 11.4. The summed E-state index contributed by atoms with van der Waals surface area (Å²) < 4.78 is 22.1.